The molecule has 0 spiro atoms. The molecule has 2 aromatic rings. The second kappa shape index (κ2) is 18.0. The maximum atomic E-state index is 13.8. The fraction of sp³-hybridized carbons (Fsp3) is 0.618. The lowest BCUT2D eigenvalue weighted by molar-refractivity contribution is -0.144. The highest BCUT2D eigenvalue weighted by atomic mass is 32.1. The fourth-order valence-corrected chi connectivity index (χ4v) is 6.74. The lowest BCUT2D eigenvalue weighted by Gasteiger charge is -2.35. The number of likely N-dealkylation sites (tertiary alicyclic amines) is 1. The molecule has 2 saturated heterocycles. The Kier molecular flexibility index (Phi) is 14.1. The number of aliphatic carboxylic acids is 1. The summed E-state index contributed by atoms with van der Waals surface area (Å²) in [5.41, 5.74) is 4.05. The van der Waals surface area contributed by atoms with Crippen molar-refractivity contribution in [2.75, 3.05) is 72.2 Å². The van der Waals surface area contributed by atoms with Gasteiger partial charge in [-0.05, 0) is 23.5 Å². The molecular formula is C34H50N6O8S. The van der Waals surface area contributed by atoms with Crippen molar-refractivity contribution in [3.63, 3.8) is 0 Å². The molecule has 0 saturated carbocycles. The van der Waals surface area contributed by atoms with Crippen molar-refractivity contribution in [2.45, 2.75) is 58.8 Å². The second-order valence-electron chi connectivity index (χ2n) is 13.6. The number of aliphatic hydroxyl groups is 1. The number of carboxylic acid groups (broad SMARTS) is 1. The first-order valence-electron chi connectivity index (χ1n) is 16.7. The number of amides is 3. The van der Waals surface area contributed by atoms with E-state index in [1.165, 1.54) is 4.90 Å². The van der Waals surface area contributed by atoms with Gasteiger partial charge in [-0.1, -0.05) is 45.0 Å². The van der Waals surface area contributed by atoms with Crippen molar-refractivity contribution in [1.29, 1.82) is 0 Å². The summed E-state index contributed by atoms with van der Waals surface area (Å²) >= 11 is 1.57. The lowest BCUT2D eigenvalue weighted by Crippen LogP contribution is -2.58. The Hall–Kier alpha value is -3.47. The van der Waals surface area contributed by atoms with Crippen molar-refractivity contribution in [1.82, 2.24) is 30.3 Å². The summed E-state index contributed by atoms with van der Waals surface area (Å²) in [5.74, 6) is -2.09. The first-order chi connectivity index (χ1) is 23.3. The highest BCUT2D eigenvalue weighted by Crippen LogP contribution is 2.28. The van der Waals surface area contributed by atoms with E-state index in [9.17, 15) is 24.3 Å². The standard InChI is InChI=1S/C34H50N6O8S/c1-23-30(49-22-36-23)25-7-5-24(6-8-25)18-35-32(45)27-17-26(41)19-40(27)33(46)31(34(2,3)4)37-28(42)21-48-16-15-47-14-13-38-9-11-39(12-10-38)20-29(43)44/h5-8,22,26-27,31,41H,9-21H2,1-4H3,(H,35,45)(H,37,42)(H,43,44)/t26-,27+,31-/m1/s1. The number of carbonyl (C=O) groups is 4. The van der Waals surface area contributed by atoms with Crippen LogP contribution in [0, 0.1) is 12.3 Å². The SMILES string of the molecule is Cc1ncsc1-c1ccc(CNC(=O)[C@@H]2C[C@@H](O)CN2C(=O)[C@@H](NC(=O)COCCOCCN2CCN(CC(=O)O)CC2)C(C)(C)C)cc1. The number of benzene rings is 1. The number of carboxylic acids is 1. The van der Waals surface area contributed by atoms with Gasteiger partial charge in [-0.15, -0.1) is 11.3 Å². The average Bonchev–Trinajstić information content (AvgIpc) is 3.67. The maximum Gasteiger partial charge on any atom is 0.317 e. The van der Waals surface area contributed by atoms with Crippen LogP contribution in [0.5, 0.6) is 0 Å². The summed E-state index contributed by atoms with van der Waals surface area (Å²) in [4.78, 5) is 61.7. The third kappa shape index (κ3) is 11.5. The van der Waals surface area contributed by atoms with Gasteiger partial charge in [-0.3, -0.25) is 29.0 Å². The highest BCUT2D eigenvalue weighted by Gasteiger charge is 2.44. The fourth-order valence-electron chi connectivity index (χ4n) is 5.92. The number of rotatable bonds is 16. The van der Waals surface area contributed by atoms with Gasteiger partial charge in [-0.2, -0.15) is 0 Å². The molecule has 0 radical (unpaired) electrons. The summed E-state index contributed by atoms with van der Waals surface area (Å²) < 4.78 is 11.1. The van der Waals surface area contributed by atoms with Gasteiger partial charge in [0.1, 0.15) is 18.7 Å². The number of carbonyl (C=O) groups excluding carboxylic acids is 3. The Labute approximate surface area is 291 Å². The van der Waals surface area contributed by atoms with Gasteiger partial charge in [-0.25, -0.2) is 4.98 Å². The van der Waals surface area contributed by atoms with Gasteiger partial charge in [0.15, 0.2) is 0 Å². The monoisotopic (exact) mass is 702 g/mol. The maximum absolute atomic E-state index is 13.8. The number of hydrogen-bond acceptors (Lipinski definition) is 11. The first-order valence-corrected chi connectivity index (χ1v) is 17.6. The minimum absolute atomic E-state index is 0.00583. The molecule has 4 N–H and O–H groups in total. The number of aliphatic hydroxyl groups excluding tert-OH is 1. The van der Waals surface area contributed by atoms with Crippen molar-refractivity contribution >= 4 is 35.0 Å². The van der Waals surface area contributed by atoms with E-state index >= 15 is 0 Å². The van der Waals surface area contributed by atoms with Crippen LogP contribution in [0.15, 0.2) is 29.8 Å². The normalized spacial score (nSPS) is 19.5. The molecule has 1 aromatic carbocycles. The Morgan fingerprint density at radius 3 is 2.33 bits per heavy atom. The Morgan fingerprint density at radius 1 is 1.02 bits per heavy atom. The van der Waals surface area contributed by atoms with Crippen LogP contribution in [0.4, 0.5) is 0 Å². The van der Waals surface area contributed by atoms with E-state index < -0.39 is 41.4 Å². The number of thiazole rings is 1. The van der Waals surface area contributed by atoms with E-state index in [4.69, 9.17) is 14.6 Å². The number of hydrogen-bond donors (Lipinski definition) is 4. The van der Waals surface area contributed by atoms with Crippen LogP contribution in [0.3, 0.4) is 0 Å². The van der Waals surface area contributed by atoms with Crippen LogP contribution in [0.1, 0.15) is 38.4 Å². The topological polar surface area (TPSA) is 174 Å². The van der Waals surface area contributed by atoms with Crippen LogP contribution >= 0.6 is 11.3 Å². The molecule has 3 amide bonds. The molecule has 3 heterocycles. The summed E-state index contributed by atoms with van der Waals surface area (Å²) in [7, 11) is 0. The molecule has 2 aliphatic rings. The first kappa shape index (κ1) is 38.3. The number of piperazine rings is 1. The number of nitrogens with zero attached hydrogens (tertiary/aromatic N) is 4. The molecule has 0 unspecified atom stereocenters. The molecule has 3 atom stereocenters. The second-order valence-corrected chi connectivity index (χ2v) is 14.5. The van der Waals surface area contributed by atoms with Crippen LogP contribution in [-0.4, -0.2) is 144 Å². The van der Waals surface area contributed by atoms with Crippen LogP contribution in [-0.2, 0) is 35.2 Å². The molecule has 49 heavy (non-hydrogen) atoms. The number of aryl methyl sites for hydroxylation is 1. The minimum atomic E-state index is -0.945. The molecule has 14 nitrogen and oxygen atoms in total. The third-order valence-electron chi connectivity index (χ3n) is 8.69. The zero-order chi connectivity index (χ0) is 35.6. The van der Waals surface area contributed by atoms with Gasteiger partial charge in [0, 0.05) is 52.2 Å². The lowest BCUT2D eigenvalue weighted by atomic mass is 9.85. The zero-order valence-electron chi connectivity index (χ0n) is 28.9. The zero-order valence-corrected chi connectivity index (χ0v) is 29.7. The molecular weight excluding hydrogens is 652 g/mol. The minimum Gasteiger partial charge on any atom is -0.480 e. The van der Waals surface area contributed by atoms with E-state index in [0.29, 0.717) is 26.3 Å². The molecule has 270 valence electrons. The molecule has 1 aromatic heterocycles. The van der Waals surface area contributed by atoms with Crippen molar-refractivity contribution < 1.29 is 38.9 Å². The van der Waals surface area contributed by atoms with E-state index in [0.717, 1.165) is 41.3 Å². The molecule has 4 rings (SSSR count). The Bertz CT molecular complexity index is 1410. The Balaban J connectivity index is 1.19. The van der Waals surface area contributed by atoms with Crippen LogP contribution < -0.4 is 10.6 Å². The van der Waals surface area contributed by atoms with E-state index in [1.807, 2.05) is 62.4 Å². The molecule has 0 aliphatic carbocycles. The number of aromatic nitrogens is 1. The summed E-state index contributed by atoms with van der Waals surface area (Å²) in [5, 5.41) is 25.1. The largest absolute Gasteiger partial charge is 0.480 e. The molecule has 15 heteroatoms. The van der Waals surface area contributed by atoms with E-state index in [1.54, 1.807) is 11.3 Å². The van der Waals surface area contributed by atoms with E-state index in [-0.39, 0.29) is 45.2 Å². The predicted molar refractivity (Wildman–Crippen MR) is 184 cm³/mol. The number of β-amino-alcohol motifs (C(OH)–C–C–N with tert-alkyl or cyclic N) is 1. The number of ether oxygens (including phenoxy) is 2. The quantitative estimate of drug-likeness (QED) is 0.184. The smallest absolute Gasteiger partial charge is 0.317 e. The van der Waals surface area contributed by atoms with Crippen molar-refractivity contribution in [3.8, 4) is 10.4 Å². The van der Waals surface area contributed by atoms with Crippen LogP contribution in [0.2, 0.25) is 0 Å². The van der Waals surface area contributed by atoms with Crippen molar-refractivity contribution in [3.05, 3.63) is 41.0 Å². The average molecular weight is 703 g/mol. The molecule has 2 aliphatic heterocycles. The van der Waals surface area contributed by atoms with Gasteiger partial charge in [0.25, 0.3) is 0 Å². The summed E-state index contributed by atoms with van der Waals surface area (Å²) in [6.45, 7) is 12.2. The molecule has 2 fully saturated rings. The van der Waals surface area contributed by atoms with Gasteiger partial charge in [0.05, 0.1) is 48.6 Å². The molecule has 0 bridgehead atoms. The van der Waals surface area contributed by atoms with E-state index in [2.05, 4.69) is 20.5 Å². The Morgan fingerprint density at radius 2 is 1.69 bits per heavy atom. The van der Waals surface area contributed by atoms with Gasteiger partial charge in [0.2, 0.25) is 17.7 Å². The predicted octanol–water partition coefficient (Wildman–Crippen LogP) is 0.963. The number of nitrogens with one attached hydrogen (secondary N) is 2. The van der Waals surface area contributed by atoms with Gasteiger partial charge < -0.3 is 35.2 Å². The summed E-state index contributed by atoms with van der Waals surface area (Å²) in [6, 6.07) is 6.04. The van der Waals surface area contributed by atoms with Gasteiger partial charge >= 0.3 is 5.97 Å². The third-order valence-corrected chi connectivity index (χ3v) is 9.67. The van der Waals surface area contributed by atoms with Crippen molar-refractivity contribution in [2.24, 2.45) is 5.41 Å². The van der Waals surface area contributed by atoms with Crippen LogP contribution in [0.25, 0.3) is 10.4 Å². The highest BCUT2D eigenvalue weighted by molar-refractivity contribution is 7.13. The summed E-state index contributed by atoms with van der Waals surface area (Å²) in [6.07, 6.45) is -0.751.